The zero-order chi connectivity index (χ0) is 21.4. The number of benzene rings is 1. The van der Waals surface area contributed by atoms with Crippen LogP contribution >= 0.6 is 15.9 Å². The molecular weight excluding hydrogens is 456 g/mol. The Kier molecular flexibility index (Phi) is 4.70. The van der Waals surface area contributed by atoms with Gasteiger partial charge in [-0.05, 0) is 81.3 Å². The lowest BCUT2D eigenvalue weighted by molar-refractivity contribution is -0.114. The zero-order valence-corrected chi connectivity index (χ0v) is 19.9. The normalized spacial score (nSPS) is 50.3. The van der Waals surface area contributed by atoms with Crippen LogP contribution < -0.4 is 0 Å². The van der Waals surface area contributed by atoms with Crippen LogP contribution in [0.5, 0.6) is 0 Å². The molecule has 0 radical (unpaired) electrons. The lowest BCUT2D eigenvalue weighted by Gasteiger charge is -2.62. The summed E-state index contributed by atoms with van der Waals surface area (Å²) in [6.07, 6.45) is 8.24. The van der Waals surface area contributed by atoms with Crippen LogP contribution in [-0.4, -0.2) is 40.3 Å². The summed E-state index contributed by atoms with van der Waals surface area (Å²) in [5.41, 5.74) is 0.860. The first kappa shape index (κ1) is 20.7. The van der Waals surface area contributed by atoms with Gasteiger partial charge < -0.3 is 14.6 Å². The van der Waals surface area contributed by atoms with Gasteiger partial charge in [-0.15, -0.1) is 0 Å². The minimum absolute atomic E-state index is 0.00561. The number of halogens is 1. The van der Waals surface area contributed by atoms with Crippen molar-refractivity contribution in [2.24, 2.45) is 28.6 Å². The zero-order valence-electron chi connectivity index (χ0n) is 18.3. The van der Waals surface area contributed by atoms with Crippen LogP contribution in [0.4, 0.5) is 0 Å². The average molecular weight is 489 g/mol. The molecule has 4 nitrogen and oxygen atoms in total. The van der Waals surface area contributed by atoms with Gasteiger partial charge in [-0.25, -0.2) is 4.79 Å². The Hall–Kier alpha value is -0.910. The SMILES string of the molecule is C[C@]12CC[C@@H]3[C@H](C[C@H]4OC[C@@]35CC[C@H](O)C[C@]45Br)[C@@H]1CC[C@@H]2OC(=O)c1ccccc1. The van der Waals surface area contributed by atoms with Gasteiger partial charge in [0.2, 0.25) is 0 Å². The Morgan fingerprint density at radius 3 is 2.74 bits per heavy atom. The molecule has 1 saturated heterocycles. The van der Waals surface area contributed by atoms with Crippen LogP contribution in [0.2, 0.25) is 0 Å². The maximum absolute atomic E-state index is 12.8. The van der Waals surface area contributed by atoms with Gasteiger partial charge in [-0.2, -0.15) is 0 Å². The lowest BCUT2D eigenvalue weighted by Crippen LogP contribution is -2.63. The summed E-state index contributed by atoms with van der Waals surface area (Å²) in [6.45, 7) is 3.22. The molecule has 1 heterocycles. The summed E-state index contributed by atoms with van der Waals surface area (Å²) in [5, 5.41) is 10.4. The van der Waals surface area contributed by atoms with Crippen LogP contribution in [-0.2, 0) is 9.47 Å². The first-order valence-electron chi connectivity index (χ1n) is 12.1. The van der Waals surface area contributed by atoms with E-state index in [-0.39, 0.29) is 39.4 Å². The van der Waals surface area contributed by atoms with Crippen molar-refractivity contribution in [3.05, 3.63) is 35.9 Å². The monoisotopic (exact) mass is 488 g/mol. The molecule has 1 aliphatic heterocycles. The van der Waals surface area contributed by atoms with Crippen LogP contribution in [0.25, 0.3) is 0 Å². The molecule has 0 spiro atoms. The third kappa shape index (κ3) is 2.75. The third-order valence-corrected chi connectivity index (χ3v) is 11.8. The van der Waals surface area contributed by atoms with E-state index in [2.05, 4.69) is 22.9 Å². The molecule has 5 fully saturated rings. The van der Waals surface area contributed by atoms with Crippen molar-refractivity contribution < 1.29 is 19.4 Å². The van der Waals surface area contributed by atoms with E-state index in [1.807, 2.05) is 30.3 Å². The largest absolute Gasteiger partial charge is 0.458 e. The highest BCUT2D eigenvalue weighted by Gasteiger charge is 2.72. The number of aliphatic hydroxyl groups is 1. The fourth-order valence-corrected chi connectivity index (χ4v) is 9.93. The van der Waals surface area contributed by atoms with E-state index < -0.39 is 0 Å². The number of ether oxygens (including phenoxy) is 2. The van der Waals surface area contributed by atoms with E-state index in [0.29, 0.717) is 23.3 Å². The van der Waals surface area contributed by atoms with Crippen molar-refractivity contribution in [3.8, 4) is 0 Å². The summed E-state index contributed by atoms with van der Waals surface area (Å²) in [7, 11) is 0. The number of carbonyl (C=O) groups excluding carboxylic acids is 1. The topological polar surface area (TPSA) is 55.8 Å². The second-order valence-electron chi connectivity index (χ2n) is 11.2. The maximum Gasteiger partial charge on any atom is 0.338 e. The molecule has 4 aliphatic carbocycles. The number of hydrogen-bond acceptors (Lipinski definition) is 4. The summed E-state index contributed by atoms with van der Waals surface area (Å²) < 4.78 is 12.5. The second-order valence-corrected chi connectivity index (χ2v) is 12.6. The van der Waals surface area contributed by atoms with Crippen LogP contribution in [0, 0.1) is 28.6 Å². The fourth-order valence-electron chi connectivity index (χ4n) is 8.63. The Bertz CT molecular complexity index is 875. The van der Waals surface area contributed by atoms with Gasteiger partial charge in [0, 0.05) is 10.8 Å². The highest BCUT2D eigenvalue weighted by Crippen LogP contribution is 2.72. The Morgan fingerprint density at radius 1 is 1.13 bits per heavy atom. The summed E-state index contributed by atoms with van der Waals surface area (Å²) in [6, 6.07) is 9.41. The van der Waals surface area contributed by atoms with Crippen LogP contribution in [0.3, 0.4) is 0 Å². The molecular formula is C26H33BrO4. The molecule has 6 rings (SSSR count). The van der Waals surface area contributed by atoms with Gasteiger partial charge in [-0.1, -0.05) is 41.1 Å². The molecule has 168 valence electrons. The predicted octanol–water partition coefficient (Wildman–Crippen LogP) is 5.12. The quantitative estimate of drug-likeness (QED) is 0.463. The number of rotatable bonds is 2. The van der Waals surface area contributed by atoms with Crippen LogP contribution in [0.1, 0.15) is 68.6 Å². The van der Waals surface area contributed by atoms with Crippen molar-refractivity contribution >= 4 is 21.9 Å². The molecule has 1 aromatic rings. The van der Waals surface area contributed by atoms with E-state index in [1.54, 1.807) is 0 Å². The van der Waals surface area contributed by atoms with Crippen molar-refractivity contribution in [1.82, 2.24) is 0 Å². The second kappa shape index (κ2) is 7.04. The van der Waals surface area contributed by atoms with Crippen molar-refractivity contribution in [1.29, 1.82) is 0 Å². The minimum Gasteiger partial charge on any atom is -0.458 e. The van der Waals surface area contributed by atoms with Crippen molar-refractivity contribution in [3.63, 3.8) is 0 Å². The molecule has 5 aliphatic rings. The van der Waals surface area contributed by atoms with E-state index in [0.717, 1.165) is 51.6 Å². The highest BCUT2D eigenvalue weighted by atomic mass is 79.9. The number of alkyl halides is 1. The average Bonchev–Trinajstić information content (AvgIpc) is 3.16. The van der Waals surface area contributed by atoms with E-state index in [4.69, 9.17) is 9.47 Å². The molecule has 0 unspecified atom stereocenters. The van der Waals surface area contributed by atoms with Gasteiger partial charge in [-0.3, -0.25) is 0 Å². The Labute approximate surface area is 193 Å². The molecule has 1 N–H and O–H groups in total. The number of carbonyl (C=O) groups is 1. The summed E-state index contributed by atoms with van der Waals surface area (Å²) in [4.78, 5) is 12.8. The van der Waals surface area contributed by atoms with Gasteiger partial charge in [0.05, 0.1) is 28.7 Å². The standard InChI is InChI=1S/C26H33BrO4/c1-24-11-10-20-18(13-22-26(27)14-17(28)9-12-25(20,26)15-30-22)19(24)7-8-21(24)31-23(29)16-5-3-2-4-6-16/h2-6,17-22,28H,7-15H2,1H3/t17-,18+,19-,20+,21-,22+,24-,25-,26-/m0/s1. The van der Waals surface area contributed by atoms with Crippen LogP contribution in [0.15, 0.2) is 30.3 Å². The smallest absolute Gasteiger partial charge is 0.338 e. The fraction of sp³-hybridized carbons (Fsp3) is 0.731. The number of aliphatic hydroxyl groups excluding tert-OH is 1. The molecule has 2 bridgehead atoms. The van der Waals surface area contributed by atoms with E-state index in [9.17, 15) is 9.90 Å². The Morgan fingerprint density at radius 2 is 1.94 bits per heavy atom. The molecule has 9 atom stereocenters. The maximum atomic E-state index is 12.8. The van der Waals surface area contributed by atoms with Gasteiger partial charge in [0.25, 0.3) is 0 Å². The summed E-state index contributed by atoms with van der Waals surface area (Å²) >= 11 is 4.16. The predicted molar refractivity (Wildman–Crippen MR) is 121 cm³/mol. The van der Waals surface area contributed by atoms with Gasteiger partial charge in [0.1, 0.15) is 6.10 Å². The molecule has 0 amide bonds. The highest BCUT2D eigenvalue weighted by molar-refractivity contribution is 9.10. The van der Waals surface area contributed by atoms with Gasteiger partial charge >= 0.3 is 5.97 Å². The first-order valence-corrected chi connectivity index (χ1v) is 12.9. The minimum atomic E-state index is -0.213. The molecule has 4 saturated carbocycles. The number of esters is 1. The third-order valence-electron chi connectivity index (χ3n) is 10.1. The van der Waals surface area contributed by atoms with Crippen molar-refractivity contribution in [2.75, 3.05) is 6.61 Å². The lowest BCUT2D eigenvalue weighted by atomic mass is 9.45. The summed E-state index contributed by atoms with van der Waals surface area (Å²) in [5.74, 6) is 1.68. The van der Waals surface area contributed by atoms with E-state index in [1.165, 1.54) is 6.42 Å². The molecule has 0 aromatic heterocycles. The Balaban J connectivity index is 1.26. The first-order chi connectivity index (χ1) is 14.9. The van der Waals surface area contributed by atoms with Gasteiger partial charge in [0.15, 0.2) is 0 Å². The molecule has 31 heavy (non-hydrogen) atoms. The number of hydrogen-bond donors (Lipinski definition) is 1. The molecule has 5 heteroatoms. The van der Waals surface area contributed by atoms with Crippen molar-refractivity contribution in [2.45, 2.75) is 80.9 Å². The number of fused-ring (bicyclic) bond motifs is 3. The van der Waals surface area contributed by atoms with E-state index >= 15 is 0 Å². The molecule has 1 aromatic carbocycles.